The summed E-state index contributed by atoms with van der Waals surface area (Å²) in [4.78, 5) is 0. The third-order valence-electron chi connectivity index (χ3n) is 3.98. The van der Waals surface area contributed by atoms with Gasteiger partial charge >= 0.3 is 0 Å². The van der Waals surface area contributed by atoms with E-state index in [0.717, 1.165) is 43.5 Å². The van der Waals surface area contributed by atoms with Crippen molar-refractivity contribution in [3.63, 3.8) is 0 Å². The second-order valence-electron chi connectivity index (χ2n) is 6.79. The molecular weight excluding hydrogens is 246 g/mol. The minimum atomic E-state index is 0.388. The number of aryl methyl sites for hydroxylation is 1. The molecule has 1 N–H and O–H groups in total. The highest BCUT2D eigenvalue weighted by molar-refractivity contribution is 5.40. The molecule has 0 aliphatic carbocycles. The Morgan fingerprint density at radius 2 is 2.05 bits per heavy atom. The van der Waals surface area contributed by atoms with Crippen molar-refractivity contribution in [3.05, 3.63) is 29.3 Å². The summed E-state index contributed by atoms with van der Waals surface area (Å²) in [5.74, 6) is 2.56. The van der Waals surface area contributed by atoms with Gasteiger partial charge in [-0.3, -0.25) is 0 Å². The molecule has 0 bridgehead atoms. The fourth-order valence-corrected chi connectivity index (χ4v) is 2.80. The van der Waals surface area contributed by atoms with Crippen LogP contribution in [0.5, 0.6) is 5.75 Å². The van der Waals surface area contributed by atoms with Gasteiger partial charge in [0.25, 0.3) is 0 Å². The summed E-state index contributed by atoms with van der Waals surface area (Å²) < 4.78 is 6.03. The molecule has 2 rings (SSSR count). The molecule has 2 heteroatoms. The van der Waals surface area contributed by atoms with E-state index in [9.17, 15) is 0 Å². The second kappa shape index (κ2) is 7.12. The molecule has 0 saturated heterocycles. The maximum absolute atomic E-state index is 6.03. The van der Waals surface area contributed by atoms with E-state index in [1.54, 1.807) is 0 Å². The number of ether oxygens (including phenoxy) is 1. The Kier molecular flexibility index (Phi) is 5.47. The predicted octanol–water partition coefficient (Wildman–Crippen LogP) is 3.96. The Balaban J connectivity index is 1.69. The van der Waals surface area contributed by atoms with Gasteiger partial charge in [0.1, 0.15) is 11.9 Å². The van der Waals surface area contributed by atoms with E-state index in [1.807, 2.05) is 0 Å². The number of hydrogen-bond donors (Lipinski definition) is 1. The number of nitrogens with one attached hydrogen (secondary N) is 1. The van der Waals surface area contributed by atoms with Crippen LogP contribution in [0.1, 0.15) is 44.7 Å². The fourth-order valence-electron chi connectivity index (χ4n) is 2.80. The Morgan fingerprint density at radius 1 is 1.25 bits per heavy atom. The molecule has 0 spiro atoms. The van der Waals surface area contributed by atoms with Gasteiger partial charge in [-0.05, 0) is 56.3 Å². The van der Waals surface area contributed by atoms with Crippen molar-refractivity contribution < 1.29 is 4.74 Å². The van der Waals surface area contributed by atoms with Crippen molar-refractivity contribution in [1.29, 1.82) is 0 Å². The monoisotopic (exact) mass is 275 g/mol. The highest BCUT2D eigenvalue weighted by Gasteiger charge is 2.22. The van der Waals surface area contributed by atoms with E-state index in [4.69, 9.17) is 4.74 Å². The van der Waals surface area contributed by atoms with Crippen LogP contribution in [0.3, 0.4) is 0 Å². The van der Waals surface area contributed by atoms with Crippen LogP contribution >= 0.6 is 0 Å². The summed E-state index contributed by atoms with van der Waals surface area (Å²) in [6, 6.07) is 6.53. The zero-order chi connectivity index (χ0) is 14.5. The number of fused-ring (bicyclic) bond motifs is 1. The summed E-state index contributed by atoms with van der Waals surface area (Å²) in [5, 5.41) is 3.54. The summed E-state index contributed by atoms with van der Waals surface area (Å²) in [5.41, 5.74) is 2.72. The molecule has 1 heterocycles. The summed E-state index contributed by atoms with van der Waals surface area (Å²) >= 11 is 0. The van der Waals surface area contributed by atoms with E-state index in [1.165, 1.54) is 17.5 Å². The minimum Gasteiger partial charge on any atom is -0.490 e. The molecule has 0 fully saturated rings. The van der Waals surface area contributed by atoms with Gasteiger partial charge in [0.15, 0.2) is 0 Å². The molecule has 0 amide bonds. The fraction of sp³-hybridized carbons (Fsp3) is 0.667. The molecule has 112 valence electrons. The lowest BCUT2D eigenvalue weighted by molar-refractivity contribution is 0.208. The highest BCUT2D eigenvalue weighted by atomic mass is 16.5. The quantitative estimate of drug-likeness (QED) is 0.813. The molecule has 1 aliphatic rings. The van der Waals surface area contributed by atoms with Gasteiger partial charge in [-0.25, -0.2) is 0 Å². The average Bonchev–Trinajstić information content (AvgIpc) is 2.77. The molecule has 1 aliphatic heterocycles. The van der Waals surface area contributed by atoms with Crippen LogP contribution in [-0.4, -0.2) is 19.2 Å². The zero-order valence-corrected chi connectivity index (χ0v) is 13.4. The van der Waals surface area contributed by atoms with E-state index in [0.29, 0.717) is 6.10 Å². The lowest BCUT2D eigenvalue weighted by Gasteiger charge is -2.16. The first-order valence-corrected chi connectivity index (χ1v) is 8.01. The topological polar surface area (TPSA) is 21.3 Å². The van der Waals surface area contributed by atoms with Crippen LogP contribution in [0.2, 0.25) is 0 Å². The zero-order valence-electron chi connectivity index (χ0n) is 13.4. The van der Waals surface area contributed by atoms with Crippen LogP contribution in [0, 0.1) is 18.8 Å². The van der Waals surface area contributed by atoms with Gasteiger partial charge in [0.05, 0.1) is 0 Å². The van der Waals surface area contributed by atoms with Gasteiger partial charge in [-0.15, -0.1) is 0 Å². The molecule has 0 aromatic heterocycles. The van der Waals surface area contributed by atoms with Gasteiger partial charge in [-0.2, -0.15) is 0 Å². The molecule has 1 aromatic rings. The number of hydrogen-bond acceptors (Lipinski definition) is 2. The van der Waals surface area contributed by atoms with E-state index >= 15 is 0 Å². The van der Waals surface area contributed by atoms with Gasteiger partial charge in [0, 0.05) is 6.42 Å². The number of benzene rings is 1. The van der Waals surface area contributed by atoms with Crippen LogP contribution in [0.15, 0.2) is 18.2 Å². The molecule has 20 heavy (non-hydrogen) atoms. The van der Waals surface area contributed by atoms with E-state index in [2.05, 4.69) is 51.2 Å². The Hall–Kier alpha value is -1.02. The molecular formula is C18H29NO. The van der Waals surface area contributed by atoms with Crippen molar-refractivity contribution >= 4 is 0 Å². The molecule has 0 saturated carbocycles. The highest BCUT2D eigenvalue weighted by Crippen LogP contribution is 2.31. The van der Waals surface area contributed by atoms with Crippen LogP contribution < -0.4 is 10.1 Å². The SMILES string of the molecule is Cc1ccc2c(c1)CC(CCC(C)CNCC(C)C)O2. The molecule has 1 aromatic carbocycles. The minimum absolute atomic E-state index is 0.388. The first-order chi connectivity index (χ1) is 9.54. The molecule has 0 radical (unpaired) electrons. The Labute approximate surface area is 123 Å². The normalized spacial score (nSPS) is 18.9. The van der Waals surface area contributed by atoms with Crippen molar-refractivity contribution in [1.82, 2.24) is 5.32 Å². The first-order valence-electron chi connectivity index (χ1n) is 8.01. The van der Waals surface area contributed by atoms with Crippen LogP contribution in [-0.2, 0) is 6.42 Å². The third-order valence-corrected chi connectivity index (χ3v) is 3.98. The molecule has 2 unspecified atom stereocenters. The van der Waals surface area contributed by atoms with Gasteiger partial charge in [0.2, 0.25) is 0 Å². The van der Waals surface area contributed by atoms with Crippen LogP contribution in [0.25, 0.3) is 0 Å². The number of rotatable bonds is 7. The summed E-state index contributed by atoms with van der Waals surface area (Å²) in [6.07, 6.45) is 3.88. The van der Waals surface area contributed by atoms with E-state index in [-0.39, 0.29) is 0 Å². The smallest absolute Gasteiger partial charge is 0.123 e. The van der Waals surface area contributed by atoms with Crippen molar-refractivity contribution in [3.8, 4) is 5.75 Å². The van der Waals surface area contributed by atoms with Crippen molar-refractivity contribution in [2.24, 2.45) is 11.8 Å². The standard InChI is InChI=1S/C18H29NO/c1-13(2)11-19-12-15(4)5-7-17-10-16-9-14(3)6-8-18(16)20-17/h6,8-9,13,15,17,19H,5,7,10-12H2,1-4H3. The summed E-state index contributed by atoms with van der Waals surface area (Å²) in [6.45, 7) is 11.2. The summed E-state index contributed by atoms with van der Waals surface area (Å²) in [7, 11) is 0. The maximum Gasteiger partial charge on any atom is 0.123 e. The van der Waals surface area contributed by atoms with Crippen molar-refractivity contribution in [2.75, 3.05) is 13.1 Å². The molecule has 2 atom stereocenters. The van der Waals surface area contributed by atoms with Gasteiger partial charge < -0.3 is 10.1 Å². The molecule has 2 nitrogen and oxygen atoms in total. The predicted molar refractivity (Wildman–Crippen MR) is 85.4 cm³/mol. The van der Waals surface area contributed by atoms with Crippen LogP contribution in [0.4, 0.5) is 0 Å². The Morgan fingerprint density at radius 3 is 2.80 bits per heavy atom. The first kappa shape index (κ1) is 15.4. The lowest BCUT2D eigenvalue weighted by atomic mass is 9.99. The largest absolute Gasteiger partial charge is 0.490 e. The third kappa shape index (κ3) is 4.52. The van der Waals surface area contributed by atoms with Crippen molar-refractivity contribution in [2.45, 2.75) is 53.1 Å². The van der Waals surface area contributed by atoms with Gasteiger partial charge in [-0.1, -0.05) is 38.5 Å². The lowest BCUT2D eigenvalue weighted by Crippen LogP contribution is -2.26. The Bertz CT molecular complexity index is 427. The van der Waals surface area contributed by atoms with E-state index < -0.39 is 0 Å². The second-order valence-corrected chi connectivity index (χ2v) is 6.79. The average molecular weight is 275 g/mol. The maximum atomic E-state index is 6.03.